The summed E-state index contributed by atoms with van der Waals surface area (Å²) in [6.07, 6.45) is 0.873. The van der Waals surface area contributed by atoms with Gasteiger partial charge in [-0.2, -0.15) is 5.10 Å². The zero-order valence-corrected chi connectivity index (χ0v) is 12.6. The summed E-state index contributed by atoms with van der Waals surface area (Å²) in [7, 11) is 0. The number of carbonyl (C=O) groups excluding carboxylic acids is 1. The van der Waals surface area contributed by atoms with Crippen LogP contribution in [-0.4, -0.2) is 27.1 Å². The second-order valence-corrected chi connectivity index (χ2v) is 5.22. The van der Waals surface area contributed by atoms with E-state index < -0.39 is 6.04 Å². The Balaban J connectivity index is 2.04. The maximum absolute atomic E-state index is 12.0. The minimum Gasteiger partial charge on any atom is -0.325 e. The number of hydrogen-bond donors (Lipinski definition) is 3. The van der Waals surface area contributed by atoms with Crippen LogP contribution in [0.15, 0.2) is 24.3 Å². The number of rotatable bonds is 5. The van der Waals surface area contributed by atoms with E-state index in [1.165, 1.54) is 0 Å². The Hall–Kier alpha value is -2.21. The number of nitrogens with two attached hydrogens (primary N) is 1. The predicted octanol–water partition coefficient (Wildman–Crippen LogP) is 2.09. The standard InChI is InChI=1S/C15H21N5O/c1-4-9(2)13(16)15(21)18-12-7-5-11(6-8-12)14-17-10(3)19-20-14/h5-9,13H,4,16H2,1-3H3,(H,18,21)(H,17,19,20). The lowest BCUT2D eigenvalue weighted by molar-refractivity contribution is -0.118. The van der Waals surface area contributed by atoms with Crippen LogP contribution in [0.2, 0.25) is 0 Å². The molecule has 0 spiro atoms. The monoisotopic (exact) mass is 287 g/mol. The molecule has 0 aliphatic carbocycles. The number of aryl methyl sites for hydroxylation is 1. The smallest absolute Gasteiger partial charge is 0.241 e. The molecule has 0 bridgehead atoms. The number of benzene rings is 1. The summed E-state index contributed by atoms with van der Waals surface area (Å²) in [4.78, 5) is 16.3. The fraction of sp³-hybridized carbons (Fsp3) is 0.400. The number of aromatic nitrogens is 3. The number of amides is 1. The average molecular weight is 287 g/mol. The molecule has 4 N–H and O–H groups in total. The maximum Gasteiger partial charge on any atom is 0.241 e. The van der Waals surface area contributed by atoms with Crippen molar-refractivity contribution in [3.8, 4) is 11.4 Å². The van der Waals surface area contributed by atoms with Gasteiger partial charge >= 0.3 is 0 Å². The molecule has 1 aromatic heterocycles. The van der Waals surface area contributed by atoms with E-state index in [9.17, 15) is 4.79 Å². The first-order valence-electron chi connectivity index (χ1n) is 7.07. The molecule has 0 fully saturated rings. The van der Waals surface area contributed by atoms with E-state index in [0.29, 0.717) is 5.82 Å². The number of anilines is 1. The van der Waals surface area contributed by atoms with Gasteiger partial charge in [0.2, 0.25) is 5.91 Å². The Labute approximate surface area is 124 Å². The second-order valence-electron chi connectivity index (χ2n) is 5.22. The lowest BCUT2D eigenvalue weighted by Gasteiger charge is -2.17. The zero-order chi connectivity index (χ0) is 15.4. The SMILES string of the molecule is CCC(C)C(N)C(=O)Nc1ccc(-c2n[nH]c(C)n2)cc1. The highest BCUT2D eigenvalue weighted by Crippen LogP contribution is 2.18. The van der Waals surface area contributed by atoms with E-state index in [-0.39, 0.29) is 11.8 Å². The molecular weight excluding hydrogens is 266 g/mol. The molecule has 6 nitrogen and oxygen atoms in total. The van der Waals surface area contributed by atoms with Gasteiger partial charge in [0.25, 0.3) is 0 Å². The molecule has 0 saturated heterocycles. The summed E-state index contributed by atoms with van der Waals surface area (Å²) in [5, 5.41) is 9.72. The Kier molecular flexibility index (Phi) is 4.70. The molecule has 0 radical (unpaired) electrons. The number of hydrogen-bond acceptors (Lipinski definition) is 4. The van der Waals surface area contributed by atoms with Crippen molar-refractivity contribution in [3.63, 3.8) is 0 Å². The van der Waals surface area contributed by atoms with Crippen LogP contribution in [0, 0.1) is 12.8 Å². The zero-order valence-electron chi connectivity index (χ0n) is 12.6. The number of carbonyl (C=O) groups is 1. The van der Waals surface area contributed by atoms with Gasteiger partial charge in [-0.15, -0.1) is 0 Å². The predicted molar refractivity (Wildman–Crippen MR) is 82.6 cm³/mol. The van der Waals surface area contributed by atoms with Crippen LogP contribution < -0.4 is 11.1 Å². The van der Waals surface area contributed by atoms with Crippen molar-refractivity contribution in [2.45, 2.75) is 33.2 Å². The summed E-state index contributed by atoms with van der Waals surface area (Å²) in [5.41, 5.74) is 7.52. The first kappa shape index (κ1) is 15.2. The van der Waals surface area contributed by atoms with Crippen molar-refractivity contribution in [1.82, 2.24) is 15.2 Å². The molecule has 2 atom stereocenters. The van der Waals surface area contributed by atoms with Crippen LogP contribution in [0.1, 0.15) is 26.1 Å². The van der Waals surface area contributed by atoms with E-state index in [4.69, 9.17) is 5.73 Å². The normalized spacial score (nSPS) is 13.7. The van der Waals surface area contributed by atoms with E-state index in [2.05, 4.69) is 20.5 Å². The van der Waals surface area contributed by atoms with Crippen molar-refractivity contribution < 1.29 is 4.79 Å². The first-order chi connectivity index (χ1) is 10.0. The van der Waals surface area contributed by atoms with Gasteiger partial charge in [0.1, 0.15) is 5.82 Å². The molecule has 2 aromatic rings. The number of nitrogens with one attached hydrogen (secondary N) is 2. The third-order valence-electron chi connectivity index (χ3n) is 3.57. The molecule has 0 aliphatic heterocycles. The maximum atomic E-state index is 12.0. The van der Waals surface area contributed by atoms with Gasteiger partial charge < -0.3 is 11.1 Å². The highest BCUT2D eigenvalue weighted by atomic mass is 16.2. The van der Waals surface area contributed by atoms with E-state index >= 15 is 0 Å². The van der Waals surface area contributed by atoms with Gasteiger partial charge in [-0.05, 0) is 37.1 Å². The molecule has 1 aromatic carbocycles. The molecular formula is C15H21N5O. The van der Waals surface area contributed by atoms with Crippen LogP contribution >= 0.6 is 0 Å². The van der Waals surface area contributed by atoms with Crippen LogP contribution in [0.3, 0.4) is 0 Å². The molecule has 21 heavy (non-hydrogen) atoms. The summed E-state index contributed by atoms with van der Waals surface area (Å²) in [5.74, 6) is 1.40. The van der Waals surface area contributed by atoms with Gasteiger partial charge in [0.05, 0.1) is 6.04 Å². The molecule has 1 heterocycles. The van der Waals surface area contributed by atoms with E-state index in [1.54, 1.807) is 0 Å². The number of nitrogens with zero attached hydrogens (tertiary/aromatic N) is 2. The van der Waals surface area contributed by atoms with Crippen molar-refractivity contribution in [2.24, 2.45) is 11.7 Å². The molecule has 112 valence electrons. The Morgan fingerprint density at radius 1 is 1.38 bits per heavy atom. The average Bonchev–Trinajstić information content (AvgIpc) is 2.93. The first-order valence-corrected chi connectivity index (χ1v) is 7.07. The molecule has 0 aliphatic rings. The highest BCUT2D eigenvalue weighted by molar-refractivity contribution is 5.95. The van der Waals surface area contributed by atoms with Gasteiger partial charge in [0.15, 0.2) is 5.82 Å². The lowest BCUT2D eigenvalue weighted by Crippen LogP contribution is -2.40. The fourth-order valence-corrected chi connectivity index (χ4v) is 1.91. The van der Waals surface area contributed by atoms with Crippen molar-refractivity contribution in [1.29, 1.82) is 0 Å². The summed E-state index contributed by atoms with van der Waals surface area (Å²) in [6, 6.07) is 6.88. The third kappa shape index (κ3) is 3.66. The minimum absolute atomic E-state index is 0.153. The largest absolute Gasteiger partial charge is 0.325 e. The fourth-order valence-electron chi connectivity index (χ4n) is 1.91. The van der Waals surface area contributed by atoms with Crippen molar-refractivity contribution >= 4 is 11.6 Å². The number of H-pyrrole nitrogens is 1. The highest BCUT2D eigenvalue weighted by Gasteiger charge is 2.19. The van der Waals surface area contributed by atoms with Crippen molar-refractivity contribution in [3.05, 3.63) is 30.1 Å². The molecule has 2 unspecified atom stereocenters. The van der Waals surface area contributed by atoms with Crippen LogP contribution in [0.5, 0.6) is 0 Å². The third-order valence-corrected chi connectivity index (χ3v) is 3.57. The van der Waals surface area contributed by atoms with Crippen LogP contribution in [0.25, 0.3) is 11.4 Å². The quantitative estimate of drug-likeness (QED) is 0.784. The van der Waals surface area contributed by atoms with E-state index in [1.807, 2.05) is 45.0 Å². The topological polar surface area (TPSA) is 96.7 Å². The lowest BCUT2D eigenvalue weighted by atomic mass is 9.99. The number of aromatic amines is 1. The van der Waals surface area contributed by atoms with Crippen LogP contribution in [0.4, 0.5) is 5.69 Å². The summed E-state index contributed by atoms with van der Waals surface area (Å²) >= 11 is 0. The Morgan fingerprint density at radius 2 is 2.05 bits per heavy atom. The summed E-state index contributed by atoms with van der Waals surface area (Å²) in [6.45, 7) is 5.84. The second kappa shape index (κ2) is 6.49. The molecule has 6 heteroatoms. The minimum atomic E-state index is -0.495. The van der Waals surface area contributed by atoms with Gasteiger partial charge in [-0.1, -0.05) is 20.3 Å². The molecule has 2 rings (SSSR count). The Bertz CT molecular complexity index is 605. The van der Waals surface area contributed by atoms with Gasteiger partial charge in [0, 0.05) is 11.3 Å². The van der Waals surface area contributed by atoms with Crippen molar-refractivity contribution in [2.75, 3.05) is 5.32 Å². The van der Waals surface area contributed by atoms with Gasteiger partial charge in [-0.3, -0.25) is 9.89 Å². The molecule has 0 saturated carbocycles. The molecule has 1 amide bonds. The van der Waals surface area contributed by atoms with E-state index in [0.717, 1.165) is 23.5 Å². The van der Waals surface area contributed by atoms with Gasteiger partial charge in [-0.25, -0.2) is 4.98 Å². The Morgan fingerprint density at radius 3 is 2.57 bits per heavy atom. The summed E-state index contributed by atoms with van der Waals surface area (Å²) < 4.78 is 0. The van der Waals surface area contributed by atoms with Crippen LogP contribution in [-0.2, 0) is 4.79 Å².